The lowest BCUT2D eigenvalue weighted by atomic mass is 10.2. The van der Waals surface area contributed by atoms with Crippen molar-refractivity contribution in [1.82, 2.24) is 0 Å². The first-order valence-corrected chi connectivity index (χ1v) is 7.83. The maximum Gasteiger partial charge on any atom is 0.349 e. The molecule has 0 aromatic heterocycles. The van der Waals surface area contributed by atoms with Gasteiger partial charge in [0.2, 0.25) is 0 Å². The number of hydrogen-bond acceptors (Lipinski definition) is 5. The van der Waals surface area contributed by atoms with E-state index in [9.17, 15) is 14.4 Å². The van der Waals surface area contributed by atoms with Gasteiger partial charge in [0.05, 0.1) is 11.1 Å². The highest BCUT2D eigenvalue weighted by Gasteiger charge is 2.20. The van der Waals surface area contributed by atoms with Gasteiger partial charge in [0.15, 0.2) is 0 Å². The van der Waals surface area contributed by atoms with Gasteiger partial charge in [0, 0.05) is 0 Å². The SMILES string of the molecule is O=C(OC(=O)c1ccccc1OC(=O)c1ccccc1)c1ccccc1. The van der Waals surface area contributed by atoms with Crippen molar-refractivity contribution in [2.75, 3.05) is 0 Å². The third kappa shape index (κ3) is 4.02. The molecule has 0 amide bonds. The van der Waals surface area contributed by atoms with Crippen LogP contribution < -0.4 is 4.74 Å². The molecule has 0 radical (unpaired) electrons. The van der Waals surface area contributed by atoms with Crippen molar-refractivity contribution in [3.8, 4) is 5.75 Å². The zero-order valence-electron chi connectivity index (χ0n) is 13.6. The van der Waals surface area contributed by atoms with Crippen LogP contribution in [-0.2, 0) is 4.74 Å². The molecule has 3 aromatic carbocycles. The van der Waals surface area contributed by atoms with Gasteiger partial charge in [-0.2, -0.15) is 0 Å². The molecule has 128 valence electrons. The Kier molecular flexibility index (Phi) is 5.19. The van der Waals surface area contributed by atoms with Gasteiger partial charge < -0.3 is 9.47 Å². The number of carbonyl (C=O) groups is 3. The molecule has 5 nitrogen and oxygen atoms in total. The monoisotopic (exact) mass is 346 g/mol. The zero-order chi connectivity index (χ0) is 18.4. The van der Waals surface area contributed by atoms with Crippen molar-refractivity contribution in [3.05, 3.63) is 102 Å². The van der Waals surface area contributed by atoms with Gasteiger partial charge in [-0.3, -0.25) is 0 Å². The van der Waals surface area contributed by atoms with Crippen LogP contribution in [0.15, 0.2) is 84.9 Å². The highest BCUT2D eigenvalue weighted by Crippen LogP contribution is 2.21. The molecule has 0 aliphatic rings. The fraction of sp³-hybridized carbons (Fsp3) is 0. The van der Waals surface area contributed by atoms with E-state index < -0.39 is 17.9 Å². The summed E-state index contributed by atoms with van der Waals surface area (Å²) in [7, 11) is 0. The van der Waals surface area contributed by atoms with Crippen molar-refractivity contribution in [2.45, 2.75) is 0 Å². The molecule has 0 fully saturated rings. The molecule has 0 unspecified atom stereocenters. The topological polar surface area (TPSA) is 69.7 Å². The summed E-state index contributed by atoms with van der Waals surface area (Å²) in [6.07, 6.45) is 0. The number of rotatable bonds is 4. The van der Waals surface area contributed by atoms with Gasteiger partial charge in [-0.05, 0) is 36.4 Å². The summed E-state index contributed by atoms with van der Waals surface area (Å²) in [5.74, 6) is -2.26. The van der Waals surface area contributed by atoms with Crippen LogP contribution in [0.4, 0.5) is 0 Å². The third-order valence-electron chi connectivity index (χ3n) is 3.51. The standard InChI is InChI=1S/C21H14O5/c22-19(15-9-3-1-4-10-15)25-18-14-8-7-13-17(18)21(24)26-20(23)16-11-5-2-6-12-16/h1-14H. The van der Waals surface area contributed by atoms with Gasteiger partial charge in [0.1, 0.15) is 11.3 Å². The van der Waals surface area contributed by atoms with Crippen molar-refractivity contribution in [1.29, 1.82) is 0 Å². The Morgan fingerprint density at radius 3 is 1.65 bits per heavy atom. The molecule has 0 saturated heterocycles. The second-order valence-corrected chi connectivity index (χ2v) is 5.29. The summed E-state index contributed by atoms with van der Waals surface area (Å²) in [6, 6.07) is 22.6. The molecule has 5 heteroatoms. The Morgan fingerprint density at radius 1 is 0.538 bits per heavy atom. The van der Waals surface area contributed by atoms with Crippen LogP contribution in [0.2, 0.25) is 0 Å². The number of para-hydroxylation sites is 1. The number of esters is 3. The van der Waals surface area contributed by atoms with E-state index in [2.05, 4.69) is 0 Å². The van der Waals surface area contributed by atoms with E-state index in [1.807, 2.05) is 0 Å². The lowest BCUT2D eigenvalue weighted by Gasteiger charge is -2.09. The van der Waals surface area contributed by atoms with E-state index in [1.54, 1.807) is 60.7 Å². The Labute approximate surface area is 149 Å². The summed E-state index contributed by atoms with van der Waals surface area (Å²) in [5, 5.41) is 0. The quantitative estimate of drug-likeness (QED) is 0.407. The zero-order valence-corrected chi connectivity index (χ0v) is 13.6. The summed E-state index contributed by atoms with van der Waals surface area (Å²) in [4.78, 5) is 36.6. The number of carbonyl (C=O) groups excluding carboxylic acids is 3. The molecule has 0 spiro atoms. The van der Waals surface area contributed by atoms with Crippen LogP contribution in [0.3, 0.4) is 0 Å². The fourth-order valence-corrected chi connectivity index (χ4v) is 2.23. The van der Waals surface area contributed by atoms with E-state index >= 15 is 0 Å². The first-order valence-electron chi connectivity index (χ1n) is 7.83. The second kappa shape index (κ2) is 7.90. The van der Waals surface area contributed by atoms with Crippen LogP contribution in [0.1, 0.15) is 31.1 Å². The van der Waals surface area contributed by atoms with Gasteiger partial charge in [-0.25, -0.2) is 14.4 Å². The largest absolute Gasteiger partial charge is 0.422 e. The smallest absolute Gasteiger partial charge is 0.349 e. The Bertz CT molecular complexity index is 933. The van der Waals surface area contributed by atoms with Gasteiger partial charge >= 0.3 is 17.9 Å². The van der Waals surface area contributed by atoms with Crippen molar-refractivity contribution >= 4 is 17.9 Å². The molecule has 0 heterocycles. The predicted octanol–water partition coefficient (Wildman–Crippen LogP) is 3.90. The molecule has 3 rings (SSSR count). The number of benzene rings is 3. The van der Waals surface area contributed by atoms with E-state index in [4.69, 9.17) is 9.47 Å². The summed E-state index contributed by atoms with van der Waals surface area (Å²) < 4.78 is 10.2. The van der Waals surface area contributed by atoms with Crippen molar-refractivity contribution in [3.63, 3.8) is 0 Å². The third-order valence-corrected chi connectivity index (χ3v) is 3.51. The van der Waals surface area contributed by atoms with Crippen molar-refractivity contribution < 1.29 is 23.9 Å². The van der Waals surface area contributed by atoms with Gasteiger partial charge in [-0.15, -0.1) is 0 Å². The Balaban J connectivity index is 1.77. The minimum atomic E-state index is -0.893. The van der Waals surface area contributed by atoms with Gasteiger partial charge in [-0.1, -0.05) is 48.5 Å². The molecule has 3 aromatic rings. The Hall–Kier alpha value is -3.73. The number of hydrogen-bond donors (Lipinski definition) is 0. The molecule has 0 bridgehead atoms. The minimum absolute atomic E-state index is 0.0129. The average molecular weight is 346 g/mol. The minimum Gasteiger partial charge on any atom is -0.422 e. The van der Waals surface area contributed by atoms with Gasteiger partial charge in [0.25, 0.3) is 0 Å². The van der Waals surface area contributed by atoms with E-state index in [1.165, 1.54) is 24.3 Å². The number of ether oxygens (including phenoxy) is 2. The molecule has 0 aliphatic heterocycles. The van der Waals surface area contributed by atoms with Crippen LogP contribution >= 0.6 is 0 Å². The van der Waals surface area contributed by atoms with E-state index in [-0.39, 0.29) is 16.9 Å². The van der Waals surface area contributed by atoms with Crippen LogP contribution in [0.5, 0.6) is 5.75 Å². The lowest BCUT2D eigenvalue weighted by molar-refractivity contribution is 0.0396. The molecule has 0 N–H and O–H groups in total. The highest BCUT2D eigenvalue weighted by molar-refractivity contribution is 6.04. The second-order valence-electron chi connectivity index (χ2n) is 5.29. The molecule has 0 atom stereocenters. The van der Waals surface area contributed by atoms with Crippen LogP contribution in [-0.4, -0.2) is 17.9 Å². The lowest BCUT2D eigenvalue weighted by Crippen LogP contribution is -2.16. The maximum atomic E-state index is 12.3. The first-order chi connectivity index (χ1) is 12.6. The van der Waals surface area contributed by atoms with Crippen LogP contribution in [0.25, 0.3) is 0 Å². The highest BCUT2D eigenvalue weighted by atomic mass is 16.6. The molecule has 26 heavy (non-hydrogen) atoms. The summed E-state index contributed by atoms with van der Waals surface area (Å²) in [5.41, 5.74) is 0.580. The fourth-order valence-electron chi connectivity index (χ4n) is 2.23. The summed E-state index contributed by atoms with van der Waals surface area (Å²) >= 11 is 0. The molecule has 0 aliphatic carbocycles. The normalized spacial score (nSPS) is 10.0. The van der Waals surface area contributed by atoms with Crippen LogP contribution in [0, 0.1) is 0 Å². The van der Waals surface area contributed by atoms with E-state index in [0.29, 0.717) is 5.56 Å². The average Bonchev–Trinajstić information content (AvgIpc) is 2.69. The molecular formula is C21H14O5. The molecule has 0 saturated carbocycles. The predicted molar refractivity (Wildman–Crippen MR) is 94.0 cm³/mol. The van der Waals surface area contributed by atoms with E-state index in [0.717, 1.165) is 0 Å². The Morgan fingerprint density at radius 2 is 1.04 bits per heavy atom. The van der Waals surface area contributed by atoms with Crippen molar-refractivity contribution in [2.24, 2.45) is 0 Å². The molecular weight excluding hydrogens is 332 g/mol. The first kappa shape index (κ1) is 17.1. The maximum absolute atomic E-state index is 12.3. The summed E-state index contributed by atoms with van der Waals surface area (Å²) in [6.45, 7) is 0.